The largest absolute Gasteiger partial charge is 0.326 e. The Bertz CT molecular complexity index is 1110. The molecule has 3 aromatic carbocycles. The molecule has 0 heterocycles. The Hall–Kier alpha value is -2.47. The zero-order valence-corrected chi connectivity index (χ0v) is 21.0. The van der Waals surface area contributed by atoms with Gasteiger partial charge in [-0.1, -0.05) is 74.3 Å². The first-order chi connectivity index (χ1) is 15.6. The van der Waals surface area contributed by atoms with Gasteiger partial charge in [-0.15, -0.1) is 11.8 Å². The van der Waals surface area contributed by atoms with Crippen LogP contribution >= 0.6 is 35.0 Å². The fourth-order valence-corrected chi connectivity index (χ4v) is 4.49. The Kier molecular flexibility index (Phi) is 8.46. The van der Waals surface area contributed by atoms with Crippen LogP contribution in [0.1, 0.15) is 38.0 Å². The van der Waals surface area contributed by atoms with Gasteiger partial charge in [0, 0.05) is 22.0 Å². The molecule has 172 valence electrons. The molecule has 0 fully saturated rings. The van der Waals surface area contributed by atoms with Gasteiger partial charge in [0.2, 0.25) is 11.8 Å². The number of carbonyl (C=O) groups excluding carboxylic acids is 2. The van der Waals surface area contributed by atoms with Crippen LogP contribution in [0.5, 0.6) is 0 Å². The van der Waals surface area contributed by atoms with Gasteiger partial charge < -0.3 is 10.6 Å². The lowest BCUT2D eigenvalue weighted by Gasteiger charge is -2.19. The number of hydrogen-bond donors (Lipinski definition) is 2. The zero-order chi connectivity index (χ0) is 24.0. The maximum Gasteiger partial charge on any atom is 0.242 e. The summed E-state index contributed by atoms with van der Waals surface area (Å²) in [7, 11) is 0. The summed E-state index contributed by atoms with van der Waals surface area (Å²) >= 11 is 13.7. The third-order valence-electron chi connectivity index (χ3n) is 4.61. The summed E-state index contributed by atoms with van der Waals surface area (Å²) in [5, 5.41) is 6.21. The van der Waals surface area contributed by atoms with Crippen molar-refractivity contribution in [1.29, 1.82) is 0 Å². The normalized spacial score (nSPS) is 12.2. The molecule has 0 saturated carbocycles. The summed E-state index contributed by atoms with van der Waals surface area (Å²) in [6.07, 6.45) is 0.436. The Labute approximate surface area is 209 Å². The van der Waals surface area contributed by atoms with Crippen LogP contribution in [-0.2, 0) is 9.59 Å². The maximum atomic E-state index is 13.2. The molecule has 0 bridgehead atoms. The number of carbonyl (C=O) groups is 2. The molecule has 0 aromatic heterocycles. The van der Waals surface area contributed by atoms with E-state index in [0.29, 0.717) is 22.2 Å². The van der Waals surface area contributed by atoms with E-state index in [1.165, 1.54) is 11.8 Å². The van der Waals surface area contributed by atoms with E-state index in [9.17, 15) is 9.59 Å². The minimum absolute atomic E-state index is 0.0251. The summed E-state index contributed by atoms with van der Waals surface area (Å²) in [5.74, 6) is -0.235. The molecule has 3 rings (SSSR count). The van der Waals surface area contributed by atoms with Crippen molar-refractivity contribution in [2.24, 2.45) is 5.41 Å². The van der Waals surface area contributed by atoms with Gasteiger partial charge in [-0.05, 0) is 53.4 Å². The van der Waals surface area contributed by atoms with Crippen molar-refractivity contribution in [1.82, 2.24) is 0 Å². The van der Waals surface area contributed by atoms with E-state index < -0.39 is 5.25 Å². The van der Waals surface area contributed by atoms with Gasteiger partial charge >= 0.3 is 0 Å². The number of thioether (sulfide) groups is 1. The molecule has 0 spiro atoms. The second-order valence-corrected chi connectivity index (χ2v) is 10.9. The SMILES string of the molecule is CC(C)(C)CC(=O)Nc1ccc(SC(C(=O)Nc2cc(Cl)ccc2Cl)c2ccccc2)cc1. The summed E-state index contributed by atoms with van der Waals surface area (Å²) in [6.45, 7) is 6.08. The minimum Gasteiger partial charge on any atom is -0.326 e. The molecule has 1 unspecified atom stereocenters. The van der Waals surface area contributed by atoms with Crippen molar-refractivity contribution in [2.75, 3.05) is 10.6 Å². The number of rotatable bonds is 7. The minimum atomic E-state index is -0.512. The van der Waals surface area contributed by atoms with E-state index in [1.807, 2.05) is 75.4 Å². The standard InChI is InChI=1S/C26H26Cl2N2O2S/c1-26(2,3)16-23(31)29-19-10-12-20(13-11-19)33-24(17-7-5-4-6-8-17)25(32)30-22-15-18(27)9-14-21(22)28/h4-15,24H,16H2,1-3H3,(H,29,31)(H,30,32). The van der Waals surface area contributed by atoms with Crippen LogP contribution in [0.3, 0.4) is 0 Å². The molecule has 2 N–H and O–H groups in total. The predicted octanol–water partition coefficient (Wildman–Crippen LogP) is 7.84. The van der Waals surface area contributed by atoms with Gasteiger partial charge in [-0.3, -0.25) is 9.59 Å². The summed E-state index contributed by atoms with van der Waals surface area (Å²) in [6, 6.07) is 22.0. The predicted molar refractivity (Wildman–Crippen MR) is 139 cm³/mol. The molecule has 0 aliphatic rings. The van der Waals surface area contributed by atoms with E-state index in [4.69, 9.17) is 23.2 Å². The molecule has 0 aliphatic heterocycles. The van der Waals surface area contributed by atoms with Crippen LogP contribution in [0, 0.1) is 5.41 Å². The highest BCUT2D eigenvalue weighted by atomic mass is 35.5. The van der Waals surface area contributed by atoms with Gasteiger partial charge in [0.05, 0.1) is 10.7 Å². The molecule has 7 heteroatoms. The zero-order valence-electron chi connectivity index (χ0n) is 18.7. The average Bonchev–Trinajstić information content (AvgIpc) is 2.75. The average molecular weight is 501 g/mol. The Morgan fingerprint density at radius 2 is 1.58 bits per heavy atom. The molecule has 1 atom stereocenters. The first kappa shape index (κ1) is 25.2. The first-order valence-electron chi connectivity index (χ1n) is 10.5. The monoisotopic (exact) mass is 500 g/mol. The molecular formula is C26H26Cl2N2O2S. The molecule has 33 heavy (non-hydrogen) atoms. The van der Waals surface area contributed by atoms with Crippen molar-refractivity contribution in [3.05, 3.63) is 88.4 Å². The van der Waals surface area contributed by atoms with Crippen LogP contribution in [0.25, 0.3) is 0 Å². The molecule has 3 aromatic rings. The number of nitrogens with one attached hydrogen (secondary N) is 2. The lowest BCUT2D eigenvalue weighted by atomic mass is 9.92. The van der Waals surface area contributed by atoms with Crippen molar-refractivity contribution in [3.8, 4) is 0 Å². The number of hydrogen-bond acceptors (Lipinski definition) is 3. The third kappa shape index (κ3) is 7.81. The fourth-order valence-electron chi connectivity index (χ4n) is 3.13. The van der Waals surface area contributed by atoms with Gasteiger partial charge in [0.15, 0.2) is 0 Å². The van der Waals surface area contributed by atoms with Crippen LogP contribution in [0.2, 0.25) is 10.0 Å². The van der Waals surface area contributed by atoms with Gasteiger partial charge in [-0.2, -0.15) is 0 Å². The second kappa shape index (κ2) is 11.1. The van der Waals surface area contributed by atoms with Crippen molar-refractivity contribution in [2.45, 2.75) is 37.3 Å². The molecule has 0 radical (unpaired) electrons. The van der Waals surface area contributed by atoms with Crippen LogP contribution in [0.4, 0.5) is 11.4 Å². The van der Waals surface area contributed by atoms with Gasteiger partial charge in [0.1, 0.15) is 5.25 Å². The molecule has 0 saturated heterocycles. The smallest absolute Gasteiger partial charge is 0.242 e. The second-order valence-electron chi connectivity index (χ2n) is 8.83. The Morgan fingerprint density at radius 1 is 0.909 bits per heavy atom. The van der Waals surface area contributed by atoms with Crippen molar-refractivity contribution < 1.29 is 9.59 Å². The molecular weight excluding hydrogens is 475 g/mol. The summed E-state index contributed by atoms with van der Waals surface area (Å²) in [5.41, 5.74) is 1.97. The maximum absolute atomic E-state index is 13.2. The van der Waals surface area contributed by atoms with Crippen LogP contribution < -0.4 is 10.6 Å². The number of anilines is 2. The topological polar surface area (TPSA) is 58.2 Å². The summed E-state index contributed by atoms with van der Waals surface area (Å²) in [4.78, 5) is 26.3. The van der Waals surface area contributed by atoms with Crippen molar-refractivity contribution >= 4 is 58.2 Å². The van der Waals surface area contributed by atoms with E-state index in [0.717, 1.165) is 16.1 Å². The quantitative estimate of drug-likeness (QED) is 0.324. The van der Waals surface area contributed by atoms with Crippen LogP contribution in [-0.4, -0.2) is 11.8 Å². The highest BCUT2D eigenvalue weighted by molar-refractivity contribution is 8.00. The molecule has 0 aliphatic carbocycles. The van der Waals surface area contributed by atoms with Gasteiger partial charge in [-0.25, -0.2) is 0 Å². The lowest BCUT2D eigenvalue weighted by Crippen LogP contribution is -2.19. The fraction of sp³-hybridized carbons (Fsp3) is 0.231. The number of benzene rings is 3. The van der Waals surface area contributed by atoms with Crippen LogP contribution in [0.15, 0.2) is 77.7 Å². The lowest BCUT2D eigenvalue weighted by molar-refractivity contribution is -0.118. The molecule has 4 nitrogen and oxygen atoms in total. The third-order valence-corrected chi connectivity index (χ3v) is 6.44. The van der Waals surface area contributed by atoms with E-state index in [1.54, 1.807) is 18.2 Å². The molecule has 2 amide bonds. The van der Waals surface area contributed by atoms with E-state index in [2.05, 4.69) is 10.6 Å². The first-order valence-corrected chi connectivity index (χ1v) is 12.1. The summed E-state index contributed by atoms with van der Waals surface area (Å²) < 4.78 is 0. The van der Waals surface area contributed by atoms with Gasteiger partial charge in [0.25, 0.3) is 0 Å². The van der Waals surface area contributed by atoms with E-state index >= 15 is 0 Å². The number of halogens is 2. The van der Waals surface area contributed by atoms with Crippen molar-refractivity contribution in [3.63, 3.8) is 0 Å². The van der Waals surface area contributed by atoms with E-state index in [-0.39, 0.29) is 17.2 Å². The number of amides is 2. The Morgan fingerprint density at radius 3 is 2.21 bits per heavy atom. The Balaban J connectivity index is 1.76. The highest BCUT2D eigenvalue weighted by Crippen LogP contribution is 2.37. The highest BCUT2D eigenvalue weighted by Gasteiger charge is 2.23.